The molecule has 2 N–H and O–H groups in total. The second-order valence-corrected chi connectivity index (χ2v) is 4.21. The molecule has 1 aromatic heterocycles. The largest absolute Gasteiger partial charge is 0.323 e. The highest BCUT2D eigenvalue weighted by Crippen LogP contribution is 2.27. The first-order valence-electron chi connectivity index (χ1n) is 3.97. The lowest BCUT2D eigenvalue weighted by molar-refractivity contribution is 0.708. The minimum absolute atomic E-state index is 0.244. The summed E-state index contributed by atoms with van der Waals surface area (Å²) in [6.45, 7) is 6.39. The van der Waals surface area contributed by atoms with Gasteiger partial charge in [-0.25, -0.2) is 0 Å². The predicted octanol–water partition coefficient (Wildman–Crippen LogP) is 2.77. The van der Waals surface area contributed by atoms with E-state index in [9.17, 15) is 0 Å². The monoisotopic (exact) mass is 169 g/mol. The van der Waals surface area contributed by atoms with Crippen LogP contribution in [0.1, 0.15) is 34.7 Å². The van der Waals surface area contributed by atoms with Gasteiger partial charge in [-0.05, 0) is 31.9 Å². The lowest BCUT2D eigenvalue weighted by Crippen LogP contribution is -2.07. The zero-order valence-corrected chi connectivity index (χ0v) is 8.16. The van der Waals surface area contributed by atoms with Crippen molar-refractivity contribution in [2.75, 3.05) is 0 Å². The summed E-state index contributed by atoms with van der Waals surface area (Å²) in [6.07, 6.45) is 1.03. The van der Waals surface area contributed by atoms with Crippen molar-refractivity contribution in [3.63, 3.8) is 0 Å². The summed E-state index contributed by atoms with van der Waals surface area (Å²) in [5.74, 6) is 0. The Labute approximate surface area is 72.2 Å². The molecule has 0 aromatic carbocycles. The van der Waals surface area contributed by atoms with E-state index in [1.807, 2.05) is 11.3 Å². The lowest BCUT2D eigenvalue weighted by atomic mass is 10.1. The van der Waals surface area contributed by atoms with Crippen LogP contribution in [0, 0.1) is 13.8 Å². The van der Waals surface area contributed by atoms with E-state index < -0.39 is 0 Å². The van der Waals surface area contributed by atoms with Gasteiger partial charge in [0.1, 0.15) is 0 Å². The predicted molar refractivity (Wildman–Crippen MR) is 51.0 cm³/mol. The van der Waals surface area contributed by atoms with Crippen molar-refractivity contribution in [3.8, 4) is 0 Å². The van der Waals surface area contributed by atoms with Crippen LogP contribution >= 0.6 is 11.3 Å². The van der Waals surface area contributed by atoms with E-state index in [0.717, 1.165) is 6.42 Å². The van der Waals surface area contributed by atoms with Gasteiger partial charge in [0.2, 0.25) is 0 Å². The molecule has 0 saturated carbocycles. The molecule has 0 fully saturated rings. The van der Waals surface area contributed by atoms with Gasteiger partial charge < -0.3 is 5.73 Å². The molecule has 0 radical (unpaired) electrons. The average Bonchev–Trinajstić information content (AvgIpc) is 2.28. The van der Waals surface area contributed by atoms with Crippen molar-refractivity contribution >= 4 is 11.3 Å². The van der Waals surface area contributed by atoms with E-state index in [0.29, 0.717) is 0 Å². The molecule has 1 heterocycles. The van der Waals surface area contributed by atoms with Gasteiger partial charge in [-0.2, -0.15) is 0 Å². The van der Waals surface area contributed by atoms with Crippen molar-refractivity contribution in [1.29, 1.82) is 0 Å². The normalized spacial score (nSPS) is 13.5. The van der Waals surface area contributed by atoms with E-state index in [1.165, 1.54) is 15.3 Å². The summed E-state index contributed by atoms with van der Waals surface area (Å²) in [4.78, 5) is 2.71. The Balaban J connectivity index is 2.93. The van der Waals surface area contributed by atoms with Crippen LogP contribution < -0.4 is 5.73 Å². The second-order valence-electron chi connectivity index (χ2n) is 2.92. The summed E-state index contributed by atoms with van der Waals surface area (Å²) < 4.78 is 0. The molecule has 1 rings (SSSR count). The molecule has 0 amide bonds. The molecular weight excluding hydrogens is 154 g/mol. The van der Waals surface area contributed by atoms with Gasteiger partial charge in [0.05, 0.1) is 0 Å². The van der Waals surface area contributed by atoms with Crippen LogP contribution in [0.4, 0.5) is 0 Å². The molecule has 0 aliphatic rings. The molecule has 0 unspecified atom stereocenters. The number of hydrogen-bond donors (Lipinski definition) is 1. The second kappa shape index (κ2) is 3.37. The van der Waals surface area contributed by atoms with Crippen LogP contribution in [-0.2, 0) is 0 Å². The first kappa shape index (κ1) is 8.75. The number of thiophene rings is 1. The van der Waals surface area contributed by atoms with E-state index in [-0.39, 0.29) is 6.04 Å². The van der Waals surface area contributed by atoms with Gasteiger partial charge in [-0.15, -0.1) is 11.3 Å². The molecule has 11 heavy (non-hydrogen) atoms. The highest BCUT2D eigenvalue weighted by atomic mass is 32.1. The fraction of sp³-hybridized carbons (Fsp3) is 0.556. The van der Waals surface area contributed by atoms with Gasteiger partial charge in [0.25, 0.3) is 0 Å². The third-order valence-corrected chi connectivity index (χ3v) is 3.14. The van der Waals surface area contributed by atoms with Crippen molar-refractivity contribution < 1.29 is 0 Å². The molecule has 1 atom stereocenters. The van der Waals surface area contributed by atoms with Crippen LogP contribution in [0.5, 0.6) is 0 Å². The maximum atomic E-state index is 5.92. The number of nitrogens with two attached hydrogens (primary N) is 1. The quantitative estimate of drug-likeness (QED) is 0.724. The first-order chi connectivity index (χ1) is 5.15. The van der Waals surface area contributed by atoms with E-state index >= 15 is 0 Å². The van der Waals surface area contributed by atoms with Crippen LogP contribution in [0.2, 0.25) is 0 Å². The summed E-state index contributed by atoms with van der Waals surface area (Å²) in [7, 11) is 0. The van der Waals surface area contributed by atoms with Crippen LogP contribution in [0.15, 0.2) is 6.07 Å². The Hall–Kier alpha value is -0.340. The van der Waals surface area contributed by atoms with Crippen LogP contribution in [-0.4, -0.2) is 0 Å². The van der Waals surface area contributed by atoms with Crippen molar-refractivity contribution in [1.82, 2.24) is 0 Å². The molecule has 1 nitrogen and oxygen atoms in total. The van der Waals surface area contributed by atoms with Crippen LogP contribution in [0.3, 0.4) is 0 Å². The van der Waals surface area contributed by atoms with Crippen molar-refractivity contribution in [2.24, 2.45) is 5.73 Å². The Kier molecular flexibility index (Phi) is 2.68. The van der Waals surface area contributed by atoms with Crippen molar-refractivity contribution in [2.45, 2.75) is 33.2 Å². The fourth-order valence-electron chi connectivity index (χ4n) is 1.21. The molecule has 0 saturated heterocycles. The van der Waals surface area contributed by atoms with Gasteiger partial charge in [0.15, 0.2) is 0 Å². The topological polar surface area (TPSA) is 26.0 Å². The Morgan fingerprint density at radius 2 is 2.18 bits per heavy atom. The Bertz CT molecular complexity index is 240. The van der Waals surface area contributed by atoms with E-state index in [2.05, 4.69) is 26.8 Å². The number of aryl methyl sites for hydroxylation is 2. The molecule has 0 aliphatic carbocycles. The fourth-order valence-corrected chi connectivity index (χ4v) is 2.33. The van der Waals surface area contributed by atoms with Crippen LogP contribution in [0.25, 0.3) is 0 Å². The number of rotatable bonds is 2. The highest BCUT2D eigenvalue weighted by Gasteiger charge is 2.08. The Morgan fingerprint density at radius 3 is 2.55 bits per heavy atom. The summed E-state index contributed by atoms with van der Waals surface area (Å²) >= 11 is 1.82. The minimum atomic E-state index is 0.244. The Morgan fingerprint density at radius 1 is 1.55 bits per heavy atom. The maximum absolute atomic E-state index is 5.92. The van der Waals surface area contributed by atoms with E-state index in [1.54, 1.807) is 0 Å². The van der Waals surface area contributed by atoms with Gasteiger partial charge in [0, 0.05) is 15.8 Å². The first-order valence-corrected chi connectivity index (χ1v) is 4.79. The molecule has 2 heteroatoms. The molecule has 1 aromatic rings. The molecule has 0 aliphatic heterocycles. The van der Waals surface area contributed by atoms with Gasteiger partial charge >= 0.3 is 0 Å². The molecule has 0 bridgehead atoms. The van der Waals surface area contributed by atoms with Gasteiger partial charge in [-0.3, -0.25) is 0 Å². The number of hydrogen-bond acceptors (Lipinski definition) is 2. The summed E-state index contributed by atoms with van der Waals surface area (Å²) in [5, 5.41) is 0. The molecule has 62 valence electrons. The average molecular weight is 169 g/mol. The standard InChI is InChI=1S/C9H15NS/c1-4-8(10)9-6(2)5-7(3)11-9/h5,8H,4,10H2,1-3H3/t8-/m0/s1. The summed E-state index contributed by atoms with van der Waals surface area (Å²) in [5.41, 5.74) is 7.27. The summed E-state index contributed by atoms with van der Waals surface area (Å²) in [6, 6.07) is 2.45. The SMILES string of the molecule is CC[C@H](N)c1sc(C)cc1C. The molecule has 0 spiro atoms. The van der Waals surface area contributed by atoms with Gasteiger partial charge in [-0.1, -0.05) is 6.92 Å². The van der Waals surface area contributed by atoms with Crippen molar-refractivity contribution in [3.05, 3.63) is 21.4 Å². The van der Waals surface area contributed by atoms with E-state index in [4.69, 9.17) is 5.73 Å². The zero-order chi connectivity index (χ0) is 8.43. The third kappa shape index (κ3) is 1.82. The minimum Gasteiger partial charge on any atom is -0.323 e. The smallest absolute Gasteiger partial charge is 0.0389 e. The lowest BCUT2D eigenvalue weighted by Gasteiger charge is -2.06. The maximum Gasteiger partial charge on any atom is 0.0389 e. The zero-order valence-electron chi connectivity index (χ0n) is 7.35. The third-order valence-electron chi connectivity index (χ3n) is 1.86. The molecular formula is C9H15NS. The highest BCUT2D eigenvalue weighted by molar-refractivity contribution is 7.12.